The maximum Gasteiger partial charge on any atom is 0.0113 e. The second-order valence-corrected chi connectivity index (χ2v) is 7.00. The molecule has 0 bridgehead atoms. The van der Waals surface area contributed by atoms with Crippen LogP contribution in [-0.2, 0) is 0 Å². The zero-order valence-electron chi connectivity index (χ0n) is 13.4. The number of piperazine rings is 1. The molecule has 3 heteroatoms. The summed E-state index contributed by atoms with van der Waals surface area (Å²) in [4.78, 5) is 7.92. The van der Waals surface area contributed by atoms with Gasteiger partial charge in [-0.15, -0.1) is 0 Å². The molecule has 112 valence electrons. The van der Waals surface area contributed by atoms with Crippen LogP contribution in [0.2, 0.25) is 0 Å². The summed E-state index contributed by atoms with van der Waals surface area (Å²) in [5.74, 6) is 0.950. The first kappa shape index (κ1) is 15.3. The van der Waals surface area contributed by atoms with E-state index in [0.29, 0.717) is 0 Å². The van der Waals surface area contributed by atoms with E-state index in [2.05, 4.69) is 42.4 Å². The summed E-state index contributed by atoms with van der Waals surface area (Å²) < 4.78 is 0. The molecule has 0 spiro atoms. The second kappa shape index (κ2) is 7.05. The van der Waals surface area contributed by atoms with Gasteiger partial charge in [0, 0.05) is 44.8 Å². The number of likely N-dealkylation sites (tertiary alicyclic amines) is 1. The van der Waals surface area contributed by atoms with E-state index in [9.17, 15) is 0 Å². The molecule has 0 aromatic carbocycles. The van der Waals surface area contributed by atoms with Crippen molar-refractivity contribution in [2.75, 3.05) is 45.8 Å². The lowest BCUT2D eigenvalue weighted by atomic mass is 10.0. The van der Waals surface area contributed by atoms with Crippen LogP contribution in [0.1, 0.15) is 40.5 Å². The monoisotopic (exact) mass is 267 g/mol. The smallest absolute Gasteiger partial charge is 0.0113 e. The minimum atomic E-state index is 0.719. The molecule has 2 rings (SSSR count). The fourth-order valence-corrected chi connectivity index (χ4v) is 3.44. The zero-order valence-corrected chi connectivity index (χ0v) is 13.4. The molecule has 0 aromatic heterocycles. The average Bonchev–Trinajstić information content (AvgIpc) is 2.86. The Labute approximate surface area is 119 Å². The van der Waals surface area contributed by atoms with E-state index >= 15 is 0 Å². The van der Waals surface area contributed by atoms with Gasteiger partial charge in [-0.2, -0.15) is 0 Å². The first-order chi connectivity index (χ1) is 9.06. The molecule has 0 saturated carbocycles. The summed E-state index contributed by atoms with van der Waals surface area (Å²) in [6.45, 7) is 18.3. The molecular weight excluding hydrogens is 234 g/mol. The highest BCUT2D eigenvalue weighted by Crippen LogP contribution is 2.22. The van der Waals surface area contributed by atoms with Crippen LogP contribution in [0.4, 0.5) is 0 Å². The molecule has 0 amide bonds. The van der Waals surface area contributed by atoms with Crippen LogP contribution in [0.3, 0.4) is 0 Å². The fraction of sp³-hybridized carbons (Fsp3) is 1.00. The Morgan fingerprint density at radius 3 is 2.00 bits per heavy atom. The lowest BCUT2D eigenvalue weighted by Gasteiger charge is -2.37. The Bertz CT molecular complexity index is 257. The van der Waals surface area contributed by atoms with Gasteiger partial charge in [-0.25, -0.2) is 0 Å². The van der Waals surface area contributed by atoms with Gasteiger partial charge in [0.25, 0.3) is 0 Å². The molecule has 0 aromatic rings. The lowest BCUT2D eigenvalue weighted by Crippen LogP contribution is -2.49. The molecule has 0 N–H and O–H groups in total. The third-order valence-electron chi connectivity index (χ3n) is 5.04. The Morgan fingerprint density at radius 1 is 0.842 bits per heavy atom. The molecule has 0 aliphatic carbocycles. The third-order valence-corrected chi connectivity index (χ3v) is 5.04. The normalized spacial score (nSPS) is 27.8. The molecule has 2 aliphatic rings. The molecule has 2 fully saturated rings. The summed E-state index contributed by atoms with van der Waals surface area (Å²) in [7, 11) is 0. The van der Waals surface area contributed by atoms with Crippen molar-refractivity contribution in [3.8, 4) is 0 Å². The van der Waals surface area contributed by atoms with Gasteiger partial charge in [0.1, 0.15) is 0 Å². The largest absolute Gasteiger partial charge is 0.301 e. The SMILES string of the molecule is CC(C)N1CCN(CC[C@@H]2CCN(C(C)C)C2)CC1. The highest BCUT2D eigenvalue weighted by Gasteiger charge is 2.25. The maximum atomic E-state index is 2.68. The van der Waals surface area contributed by atoms with Crippen molar-refractivity contribution in [3.63, 3.8) is 0 Å². The van der Waals surface area contributed by atoms with Crippen LogP contribution in [0.5, 0.6) is 0 Å². The topological polar surface area (TPSA) is 9.72 Å². The van der Waals surface area contributed by atoms with Crippen molar-refractivity contribution in [1.82, 2.24) is 14.7 Å². The molecule has 19 heavy (non-hydrogen) atoms. The van der Waals surface area contributed by atoms with Gasteiger partial charge in [0.2, 0.25) is 0 Å². The number of rotatable bonds is 5. The quantitative estimate of drug-likeness (QED) is 0.755. The van der Waals surface area contributed by atoms with Gasteiger partial charge in [-0.05, 0) is 59.5 Å². The van der Waals surface area contributed by atoms with E-state index in [4.69, 9.17) is 0 Å². The van der Waals surface area contributed by atoms with Crippen molar-refractivity contribution >= 4 is 0 Å². The Kier molecular flexibility index (Phi) is 5.67. The molecule has 3 nitrogen and oxygen atoms in total. The summed E-state index contributed by atoms with van der Waals surface area (Å²) in [5, 5.41) is 0. The Morgan fingerprint density at radius 2 is 1.47 bits per heavy atom. The van der Waals surface area contributed by atoms with Crippen molar-refractivity contribution in [2.24, 2.45) is 5.92 Å². The first-order valence-corrected chi connectivity index (χ1v) is 8.26. The molecule has 2 saturated heterocycles. The maximum absolute atomic E-state index is 2.68. The van der Waals surface area contributed by atoms with Gasteiger partial charge in [0.15, 0.2) is 0 Å². The minimum absolute atomic E-state index is 0.719. The minimum Gasteiger partial charge on any atom is -0.301 e. The van der Waals surface area contributed by atoms with Gasteiger partial charge >= 0.3 is 0 Å². The average molecular weight is 267 g/mol. The molecule has 0 unspecified atom stereocenters. The van der Waals surface area contributed by atoms with Gasteiger partial charge in [0.05, 0.1) is 0 Å². The van der Waals surface area contributed by atoms with Crippen LogP contribution in [0, 0.1) is 5.92 Å². The highest BCUT2D eigenvalue weighted by atomic mass is 15.3. The predicted molar refractivity (Wildman–Crippen MR) is 82.6 cm³/mol. The van der Waals surface area contributed by atoms with E-state index in [0.717, 1.165) is 18.0 Å². The second-order valence-electron chi connectivity index (χ2n) is 7.00. The summed E-state index contributed by atoms with van der Waals surface area (Å²) in [6.07, 6.45) is 2.83. The lowest BCUT2D eigenvalue weighted by molar-refractivity contribution is 0.104. The van der Waals surface area contributed by atoms with Gasteiger partial charge < -0.3 is 9.80 Å². The van der Waals surface area contributed by atoms with E-state index in [1.165, 1.54) is 58.7 Å². The molecule has 1 atom stereocenters. The van der Waals surface area contributed by atoms with E-state index in [1.54, 1.807) is 0 Å². The van der Waals surface area contributed by atoms with E-state index in [1.807, 2.05) is 0 Å². The number of nitrogens with zero attached hydrogens (tertiary/aromatic N) is 3. The van der Waals surface area contributed by atoms with E-state index in [-0.39, 0.29) is 0 Å². The third kappa shape index (κ3) is 4.44. The summed E-state index contributed by atoms with van der Waals surface area (Å²) in [5.41, 5.74) is 0. The predicted octanol–water partition coefficient (Wildman–Crippen LogP) is 2.13. The van der Waals surface area contributed by atoms with Crippen LogP contribution < -0.4 is 0 Å². The van der Waals surface area contributed by atoms with Crippen molar-refractivity contribution < 1.29 is 0 Å². The number of hydrogen-bond donors (Lipinski definition) is 0. The standard InChI is InChI=1S/C16H33N3/c1-14(2)18-11-9-17(10-12-18)7-5-16-6-8-19(13-16)15(3)4/h14-16H,5-13H2,1-4H3/t16-/m1/s1. The summed E-state index contributed by atoms with van der Waals surface area (Å²) in [6, 6.07) is 1.45. The van der Waals surface area contributed by atoms with Crippen molar-refractivity contribution in [1.29, 1.82) is 0 Å². The molecule has 0 radical (unpaired) electrons. The molecule has 2 heterocycles. The molecular formula is C16H33N3. The van der Waals surface area contributed by atoms with Crippen molar-refractivity contribution in [3.05, 3.63) is 0 Å². The zero-order chi connectivity index (χ0) is 13.8. The molecule has 2 aliphatic heterocycles. The highest BCUT2D eigenvalue weighted by molar-refractivity contribution is 4.80. The van der Waals surface area contributed by atoms with Crippen LogP contribution in [-0.4, -0.2) is 72.6 Å². The fourth-order valence-electron chi connectivity index (χ4n) is 3.44. The first-order valence-electron chi connectivity index (χ1n) is 8.26. The summed E-state index contributed by atoms with van der Waals surface area (Å²) >= 11 is 0. The van der Waals surface area contributed by atoms with Crippen molar-refractivity contribution in [2.45, 2.75) is 52.6 Å². The van der Waals surface area contributed by atoms with Crippen LogP contribution >= 0.6 is 0 Å². The van der Waals surface area contributed by atoms with Gasteiger partial charge in [-0.1, -0.05) is 0 Å². The van der Waals surface area contributed by atoms with Gasteiger partial charge in [-0.3, -0.25) is 4.90 Å². The van der Waals surface area contributed by atoms with Crippen LogP contribution in [0.25, 0.3) is 0 Å². The Hall–Kier alpha value is -0.120. The number of hydrogen-bond acceptors (Lipinski definition) is 3. The Balaban J connectivity index is 1.62. The van der Waals surface area contributed by atoms with Crippen LogP contribution in [0.15, 0.2) is 0 Å². The van der Waals surface area contributed by atoms with E-state index < -0.39 is 0 Å².